The minimum Gasteiger partial charge on any atom is -0.349 e. The Kier molecular flexibility index (Phi) is 3.02. The summed E-state index contributed by atoms with van der Waals surface area (Å²) in [4.78, 5) is 22.0. The first kappa shape index (κ1) is 12.8. The van der Waals surface area contributed by atoms with Crippen LogP contribution in [-0.4, -0.2) is 16.9 Å². The second kappa shape index (κ2) is 4.24. The van der Waals surface area contributed by atoms with E-state index in [-0.39, 0.29) is 33.6 Å². The minimum atomic E-state index is -0.597. The lowest BCUT2D eigenvalue weighted by Crippen LogP contribution is -2.28. The molecule has 6 heteroatoms. The second-order valence-electron chi connectivity index (χ2n) is 5.14. The Morgan fingerprint density at radius 1 is 1.56 bits per heavy atom. The van der Waals surface area contributed by atoms with E-state index in [4.69, 9.17) is 11.6 Å². The molecule has 0 saturated heterocycles. The lowest BCUT2D eigenvalue weighted by Gasteiger charge is -2.07. The standard InChI is InChI=1S/C12H13ClN2O3/c1-12(2)6-10(12)14-11(16)7-3-4-8(13)9(5-7)15(17)18/h3-5,10H,6H2,1-2H3,(H,14,16). The van der Waals surface area contributed by atoms with E-state index < -0.39 is 4.92 Å². The molecular formula is C12H13ClN2O3. The van der Waals surface area contributed by atoms with Gasteiger partial charge in [-0.25, -0.2) is 0 Å². The first-order chi connectivity index (χ1) is 8.31. The molecule has 1 unspecified atom stereocenters. The summed E-state index contributed by atoms with van der Waals surface area (Å²) in [5.41, 5.74) is 0.127. The van der Waals surface area contributed by atoms with E-state index in [9.17, 15) is 14.9 Å². The minimum absolute atomic E-state index is 0.0308. The highest BCUT2D eigenvalue weighted by molar-refractivity contribution is 6.32. The molecule has 1 saturated carbocycles. The van der Waals surface area contributed by atoms with Gasteiger partial charge in [0.2, 0.25) is 0 Å². The van der Waals surface area contributed by atoms with Crippen molar-refractivity contribution < 1.29 is 9.72 Å². The molecule has 0 heterocycles. The third kappa shape index (κ3) is 2.46. The predicted octanol–water partition coefficient (Wildman–Crippen LogP) is 2.78. The van der Waals surface area contributed by atoms with Gasteiger partial charge in [0.1, 0.15) is 5.02 Å². The van der Waals surface area contributed by atoms with Crippen LogP contribution in [0, 0.1) is 15.5 Å². The van der Waals surface area contributed by atoms with Gasteiger partial charge in [-0.2, -0.15) is 0 Å². The number of nitrogens with zero attached hydrogens (tertiary/aromatic N) is 1. The lowest BCUT2D eigenvalue weighted by atomic mass is 10.1. The Morgan fingerprint density at radius 2 is 2.17 bits per heavy atom. The molecule has 1 N–H and O–H groups in total. The zero-order valence-electron chi connectivity index (χ0n) is 10.1. The van der Waals surface area contributed by atoms with Crippen molar-refractivity contribution in [1.82, 2.24) is 5.32 Å². The van der Waals surface area contributed by atoms with Crippen LogP contribution >= 0.6 is 11.6 Å². The first-order valence-corrected chi connectivity index (χ1v) is 5.94. The molecule has 1 aliphatic rings. The largest absolute Gasteiger partial charge is 0.349 e. The van der Waals surface area contributed by atoms with Crippen molar-refractivity contribution in [3.63, 3.8) is 0 Å². The maximum Gasteiger partial charge on any atom is 0.288 e. The zero-order valence-corrected chi connectivity index (χ0v) is 10.8. The van der Waals surface area contributed by atoms with Crippen LogP contribution in [0.3, 0.4) is 0 Å². The van der Waals surface area contributed by atoms with Gasteiger partial charge in [-0.3, -0.25) is 14.9 Å². The van der Waals surface area contributed by atoms with Crippen LogP contribution in [0.5, 0.6) is 0 Å². The van der Waals surface area contributed by atoms with Crippen LogP contribution in [0.1, 0.15) is 30.6 Å². The van der Waals surface area contributed by atoms with Gasteiger partial charge in [0, 0.05) is 17.7 Å². The molecule has 0 aliphatic heterocycles. The summed E-state index contributed by atoms with van der Waals surface area (Å²) >= 11 is 5.69. The van der Waals surface area contributed by atoms with Crippen molar-refractivity contribution in [2.75, 3.05) is 0 Å². The fourth-order valence-corrected chi connectivity index (χ4v) is 1.94. The zero-order chi connectivity index (χ0) is 13.5. The van der Waals surface area contributed by atoms with Crippen LogP contribution in [-0.2, 0) is 0 Å². The fourth-order valence-electron chi connectivity index (χ4n) is 1.75. The SMILES string of the molecule is CC1(C)CC1NC(=O)c1ccc(Cl)c([N+](=O)[O-])c1. The number of carbonyl (C=O) groups excluding carboxylic acids is 1. The molecule has 2 rings (SSSR count). The van der Waals surface area contributed by atoms with Crippen LogP contribution in [0.4, 0.5) is 5.69 Å². The molecule has 0 radical (unpaired) electrons. The summed E-state index contributed by atoms with van der Waals surface area (Å²) in [5, 5.41) is 13.6. The maximum atomic E-state index is 11.9. The number of carbonyl (C=O) groups is 1. The van der Waals surface area contributed by atoms with Crippen molar-refractivity contribution in [3.05, 3.63) is 38.9 Å². The highest BCUT2D eigenvalue weighted by Crippen LogP contribution is 2.44. The predicted molar refractivity (Wildman–Crippen MR) is 67.8 cm³/mol. The molecule has 1 fully saturated rings. The van der Waals surface area contributed by atoms with E-state index in [0.717, 1.165) is 6.42 Å². The van der Waals surface area contributed by atoms with Crippen molar-refractivity contribution in [1.29, 1.82) is 0 Å². The normalized spacial score (nSPS) is 20.3. The van der Waals surface area contributed by atoms with Crippen molar-refractivity contribution in [2.24, 2.45) is 5.41 Å². The monoisotopic (exact) mass is 268 g/mol. The maximum absolute atomic E-state index is 11.9. The molecule has 18 heavy (non-hydrogen) atoms. The number of nitro benzene ring substituents is 1. The van der Waals surface area contributed by atoms with Gasteiger partial charge in [0.25, 0.3) is 11.6 Å². The molecule has 1 atom stereocenters. The van der Waals surface area contributed by atoms with Crippen molar-refractivity contribution in [2.45, 2.75) is 26.3 Å². The Bertz CT molecular complexity index is 528. The van der Waals surface area contributed by atoms with Gasteiger partial charge in [0.05, 0.1) is 4.92 Å². The van der Waals surface area contributed by atoms with E-state index in [1.54, 1.807) is 0 Å². The summed E-state index contributed by atoms with van der Waals surface area (Å²) in [5.74, 6) is -0.301. The van der Waals surface area contributed by atoms with Gasteiger partial charge in [-0.05, 0) is 24.0 Å². The van der Waals surface area contributed by atoms with Crippen LogP contribution in [0.2, 0.25) is 5.02 Å². The lowest BCUT2D eigenvalue weighted by molar-refractivity contribution is -0.384. The number of rotatable bonds is 3. The van der Waals surface area contributed by atoms with Crippen LogP contribution in [0.25, 0.3) is 0 Å². The topological polar surface area (TPSA) is 72.2 Å². The molecule has 1 aromatic rings. The Labute approximate surface area is 109 Å². The molecule has 5 nitrogen and oxygen atoms in total. The molecule has 0 aromatic heterocycles. The summed E-state index contributed by atoms with van der Waals surface area (Å²) in [7, 11) is 0. The van der Waals surface area contributed by atoms with E-state index in [1.807, 2.05) is 0 Å². The highest BCUT2D eigenvalue weighted by atomic mass is 35.5. The number of hydrogen-bond donors (Lipinski definition) is 1. The molecule has 1 aromatic carbocycles. The molecular weight excluding hydrogens is 256 g/mol. The van der Waals surface area contributed by atoms with Gasteiger partial charge in [0.15, 0.2) is 0 Å². The van der Waals surface area contributed by atoms with Crippen LogP contribution in [0.15, 0.2) is 18.2 Å². The number of nitrogens with one attached hydrogen (secondary N) is 1. The van der Waals surface area contributed by atoms with Crippen molar-refractivity contribution in [3.8, 4) is 0 Å². The third-order valence-corrected chi connectivity index (χ3v) is 3.54. The average Bonchev–Trinajstić information content (AvgIpc) is 2.85. The van der Waals surface area contributed by atoms with Crippen molar-refractivity contribution >= 4 is 23.2 Å². The average molecular weight is 269 g/mol. The summed E-state index contributed by atoms with van der Waals surface area (Å²) < 4.78 is 0. The molecule has 1 amide bonds. The number of nitro groups is 1. The van der Waals surface area contributed by atoms with Crippen LogP contribution < -0.4 is 5.32 Å². The van der Waals surface area contributed by atoms with Gasteiger partial charge >= 0.3 is 0 Å². The summed E-state index contributed by atoms with van der Waals surface area (Å²) in [6, 6.07) is 4.19. The van der Waals surface area contributed by atoms with E-state index in [2.05, 4.69) is 19.2 Å². The quantitative estimate of drug-likeness (QED) is 0.677. The van der Waals surface area contributed by atoms with E-state index >= 15 is 0 Å². The van der Waals surface area contributed by atoms with Gasteiger partial charge < -0.3 is 5.32 Å². The number of hydrogen-bond acceptors (Lipinski definition) is 3. The van der Waals surface area contributed by atoms with Gasteiger partial charge in [-0.15, -0.1) is 0 Å². The Balaban J connectivity index is 2.16. The fraction of sp³-hybridized carbons (Fsp3) is 0.417. The highest BCUT2D eigenvalue weighted by Gasteiger charge is 2.46. The molecule has 1 aliphatic carbocycles. The Morgan fingerprint density at radius 3 is 2.67 bits per heavy atom. The number of benzene rings is 1. The van der Waals surface area contributed by atoms with E-state index in [0.29, 0.717) is 0 Å². The smallest absolute Gasteiger partial charge is 0.288 e. The number of halogens is 1. The summed E-state index contributed by atoms with van der Waals surface area (Å²) in [6.45, 7) is 4.12. The number of amides is 1. The third-order valence-electron chi connectivity index (χ3n) is 3.22. The first-order valence-electron chi connectivity index (χ1n) is 5.56. The summed E-state index contributed by atoms with van der Waals surface area (Å²) in [6.07, 6.45) is 0.925. The molecule has 0 spiro atoms. The molecule has 96 valence electrons. The molecule has 0 bridgehead atoms. The van der Waals surface area contributed by atoms with E-state index in [1.165, 1.54) is 18.2 Å². The second-order valence-corrected chi connectivity index (χ2v) is 5.55. The Hall–Kier alpha value is -1.62. The van der Waals surface area contributed by atoms with Gasteiger partial charge in [-0.1, -0.05) is 25.4 Å².